The van der Waals surface area contributed by atoms with Gasteiger partial charge in [0, 0.05) is 6.20 Å². The van der Waals surface area contributed by atoms with E-state index < -0.39 is 5.97 Å². The van der Waals surface area contributed by atoms with Gasteiger partial charge in [0.05, 0.1) is 24.1 Å². The first-order chi connectivity index (χ1) is 9.61. The second-order valence-corrected chi connectivity index (χ2v) is 4.79. The Morgan fingerprint density at radius 1 is 1.45 bits per heavy atom. The van der Waals surface area contributed by atoms with E-state index in [-0.39, 0.29) is 17.6 Å². The summed E-state index contributed by atoms with van der Waals surface area (Å²) >= 11 is 0. The molecule has 0 N–H and O–H groups in total. The van der Waals surface area contributed by atoms with Crippen LogP contribution in [-0.4, -0.2) is 23.8 Å². The second-order valence-electron chi connectivity index (χ2n) is 4.79. The van der Waals surface area contributed by atoms with E-state index in [1.54, 1.807) is 19.2 Å². The molecule has 0 saturated heterocycles. The maximum Gasteiger partial charge on any atom is 0.343 e. The first-order valence-electron chi connectivity index (χ1n) is 6.59. The molecule has 104 valence electrons. The minimum Gasteiger partial charge on any atom is -0.490 e. The van der Waals surface area contributed by atoms with Gasteiger partial charge in [-0.1, -0.05) is 0 Å². The number of nitrogens with zero attached hydrogens (tertiary/aromatic N) is 1. The average Bonchev–Trinajstić information content (AvgIpc) is 2.42. The Bertz CT molecular complexity index is 761. The van der Waals surface area contributed by atoms with Crippen molar-refractivity contribution in [3.8, 4) is 5.75 Å². The van der Waals surface area contributed by atoms with Crippen LogP contribution in [0, 0.1) is 6.92 Å². The van der Waals surface area contributed by atoms with Gasteiger partial charge in [0.2, 0.25) is 5.43 Å². The average molecular weight is 273 g/mol. The van der Waals surface area contributed by atoms with Gasteiger partial charge in [-0.15, -0.1) is 0 Å². The molecule has 0 radical (unpaired) electrons. The second kappa shape index (κ2) is 4.67. The van der Waals surface area contributed by atoms with Crippen molar-refractivity contribution in [3.63, 3.8) is 0 Å². The predicted octanol–water partition coefficient (Wildman–Crippen LogP) is 1.88. The van der Waals surface area contributed by atoms with Gasteiger partial charge in [-0.25, -0.2) is 4.79 Å². The lowest BCUT2D eigenvalue weighted by Gasteiger charge is -2.21. The number of hydrogen-bond donors (Lipinski definition) is 0. The van der Waals surface area contributed by atoms with Crippen LogP contribution in [0.2, 0.25) is 0 Å². The number of rotatable bonds is 2. The number of aryl methyl sites for hydroxylation is 1. The van der Waals surface area contributed by atoms with Crippen LogP contribution in [0.3, 0.4) is 0 Å². The lowest BCUT2D eigenvalue weighted by molar-refractivity contribution is 0.0524. The molecule has 1 aliphatic rings. The molecule has 1 aliphatic heterocycles. The monoisotopic (exact) mass is 273 g/mol. The number of carbonyl (C=O) groups excluding carboxylic acids is 1. The summed E-state index contributed by atoms with van der Waals surface area (Å²) in [6.07, 6.45) is 1.57. The summed E-state index contributed by atoms with van der Waals surface area (Å²) in [5.41, 5.74) is 1.46. The smallest absolute Gasteiger partial charge is 0.343 e. The molecule has 0 spiro atoms. The van der Waals surface area contributed by atoms with Crippen molar-refractivity contribution in [2.45, 2.75) is 20.4 Å². The maximum atomic E-state index is 12.5. The topological polar surface area (TPSA) is 57.5 Å². The summed E-state index contributed by atoms with van der Waals surface area (Å²) in [6.45, 7) is 5.00. The number of hydrogen-bond acceptors (Lipinski definition) is 4. The highest BCUT2D eigenvalue weighted by molar-refractivity contribution is 5.95. The van der Waals surface area contributed by atoms with Gasteiger partial charge in [0.1, 0.15) is 17.9 Å². The Labute approximate surface area is 115 Å². The van der Waals surface area contributed by atoms with E-state index in [0.717, 1.165) is 11.1 Å². The lowest BCUT2D eigenvalue weighted by atomic mass is 10.1. The quantitative estimate of drug-likeness (QED) is 0.784. The Hall–Kier alpha value is -2.30. The minimum atomic E-state index is -0.572. The SMILES string of the molecule is CCOC(=O)c1cn2c3c(cc(C)cc3c1=O)OCC2. The van der Waals surface area contributed by atoms with Crippen LogP contribution in [-0.2, 0) is 11.3 Å². The van der Waals surface area contributed by atoms with E-state index in [4.69, 9.17) is 9.47 Å². The van der Waals surface area contributed by atoms with Crippen LogP contribution in [0.15, 0.2) is 23.1 Å². The van der Waals surface area contributed by atoms with Crippen molar-refractivity contribution in [1.29, 1.82) is 0 Å². The molecule has 0 amide bonds. The highest BCUT2D eigenvalue weighted by Crippen LogP contribution is 2.29. The van der Waals surface area contributed by atoms with Gasteiger partial charge in [0.25, 0.3) is 0 Å². The molecule has 20 heavy (non-hydrogen) atoms. The van der Waals surface area contributed by atoms with Gasteiger partial charge in [-0.2, -0.15) is 0 Å². The molecule has 1 aromatic heterocycles. The van der Waals surface area contributed by atoms with Crippen molar-refractivity contribution in [3.05, 3.63) is 39.7 Å². The van der Waals surface area contributed by atoms with Gasteiger partial charge in [-0.05, 0) is 31.5 Å². The number of carbonyl (C=O) groups is 1. The molecule has 2 heterocycles. The number of pyridine rings is 1. The summed E-state index contributed by atoms with van der Waals surface area (Å²) in [4.78, 5) is 24.4. The van der Waals surface area contributed by atoms with Crippen LogP contribution in [0.5, 0.6) is 5.75 Å². The minimum absolute atomic E-state index is 0.0813. The van der Waals surface area contributed by atoms with Gasteiger partial charge >= 0.3 is 5.97 Å². The first-order valence-corrected chi connectivity index (χ1v) is 6.59. The molecule has 3 rings (SSSR count). The van der Waals surface area contributed by atoms with Crippen molar-refractivity contribution < 1.29 is 14.3 Å². The normalized spacial score (nSPS) is 13.1. The van der Waals surface area contributed by atoms with Crippen LogP contribution in [0.1, 0.15) is 22.8 Å². The first kappa shape index (κ1) is 12.7. The molecule has 0 unspecified atom stereocenters. The zero-order chi connectivity index (χ0) is 14.3. The maximum absolute atomic E-state index is 12.5. The Morgan fingerprint density at radius 2 is 2.25 bits per heavy atom. The molecular formula is C15H15NO4. The highest BCUT2D eigenvalue weighted by Gasteiger charge is 2.21. The van der Waals surface area contributed by atoms with E-state index >= 15 is 0 Å². The summed E-state index contributed by atoms with van der Waals surface area (Å²) in [6, 6.07) is 3.69. The van der Waals surface area contributed by atoms with Crippen molar-refractivity contribution in [2.24, 2.45) is 0 Å². The standard InChI is InChI=1S/C15H15NO4/c1-3-19-15(18)11-8-16-4-5-20-12-7-9(2)6-10(13(12)16)14(11)17/h6-8H,3-5H2,1-2H3. The molecule has 5 heteroatoms. The summed E-state index contributed by atoms with van der Waals surface area (Å²) in [5, 5.41) is 0.505. The molecule has 0 aliphatic carbocycles. The van der Waals surface area contributed by atoms with Crippen molar-refractivity contribution in [2.75, 3.05) is 13.2 Å². The fourth-order valence-electron chi connectivity index (χ4n) is 2.53. The molecule has 0 bridgehead atoms. The predicted molar refractivity (Wildman–Crippen MR) is 74.4 cm³/mol. The van der Waals surface area contributed by atoms with Gasteiger partial charge in [-0.3, -0.25) is 4.79 Å². The zero-order valence-corrected chi connectivity index (χ0v) is 11.4. The molecule has 5 nitrogen and oxygen atoms in total. The summed E-state index contributed by atoms with van der Waals surface area (Å²) in [5.74, 6) is 0.122. The van der Waals surface area contributed by atoms with E-state index in [9.17, 15) is 9.59 Å². The van der Waals surface area contributed by atoms with E-state index in [2.05, 4.69) is 0 Å². The lowest BCUT2D eigenvalue weighted by Crippen LogP contribution is -2.24. The van der Waals surface area contributed by atoms with Crippen molar-refractivity contribution in [1.82, 2.24) is 4.57 Å². The van der Waals surface area contributed by atoms with Crippen LogP contribution in [0.4, 0.5) is 0 Å². The number of ether oxygens (including phenoxy) is 2. The number of esters is 1. The number of benzene rings is 1. The molecule has 0 atom stereocenters. The summed E-state index contributed by atoms with van der Waals surface area (Å²) < 4.78 is 12.4. The number of aromatic nitrogens is 1. The van der Waals surface area contributed by atoms with Gasteiger partial charge in [0.15, 0.2) is 0 Å². The molecule has 2 aromatic rings. The van der Waals surface area contributed by atoms with Crippen LogP contribution >= 0.6 is 0 Å². The Morgan fingerprint density at radius 3 is 3.00 bits per heavy atom. The fourth-order valence-corrected chi connectivity index (χ4v) is 2.53. The molecular weight excluding hydrogens is 258 g/mol. The molecule has 0 fully saturated rings. The molecule has 0 saturated carbocycles. The van der Waals surface area contributed by atoms with Crippen LogP contribution in [0.25, 0.3) is 10.9 Å². The highest BCUT2D eigenvalue weighted by atomic mass is 16.5. The third-order valence-corrected chi connectivity index (χ3v) is 3.37. The van der Waals surface area contributed by atoms with E-state index in [1.165, 1.54) is 0 Å². The third-order valence-electron chi connectivity index (χ3n) is 3.37. The summed E-state index contributed by atoms with van der Waals surface area (Å²) in [7, 11) is 0. The van der Waals surface area contributed by atoms with Crippen molar-refractivity contribution >= 4 is 16.9 Å². The van der Waals surface area contributed by atoms with E-state index in [1.807, 2.05) is 17.6 Å². The fraction of sp³-hybridized carbons (Fsp3) is 0.333. The molecule has 1 aromatic carbocycles. The van der Waals surface area contributed by atoms with E-state index in [0.29, 0.717) is 24.3 Å². The zero-order valence-electron chi connectivity index (χ0n) is 11.4. The Balaban J connectivity index is 2.34. The largest absolute Gasteiger partial charge is 0.490 e. The third kappa shape index (κ3) is 1.86. The Kier molecular flexibility index (Phi) is 2.97. The van der Waals surface area contributed by atoms with Crippen LogP contribution < -0.4 is 10.2 Å². The van der Waals surface area contributed by atoms with Gasteiger partial charge < -0.3 is 14.0 Å².